The van der Waals surface area contributed by atoms with Crippen LogP contribution in [0.1, 0.15) is 35.0 Å². The number of alkyl halides is 3. The van der Waals surface area contributed by atoms with Gasteiger partial charge in [-0.3, -0.25) is 0 Å². The zero-order valence-corrected chi connectivity index (χ0v) is 11.9. The molecular weight excluding hydrogens is 279 g/mol. The SMILES string of the molecule is CCc1c(C)nn(-c2ccc(C#N)c(C(F)(F)F)c2)c1C. The first kappa shape index (κ1) is 15.1. The zero-order chi connectivity index (χ0) is 15.8. The molecule has 0 spiro atoms. The quantitative estimate of drug-likeness (QED) is 0.841. The Balaban J connectivity index is 2.65. The molecule has 0 bridgehead atoms. The van der Waals surface area contributed by atoms with Crippen LogP contribution in [-0.2, 0) is 12.6 Å². The van der Waals surface area contributed by atoms with Crippen LogP contribution in [0, 0.1) is 25.2 Å². The van der Waals surface area contributed by atoms with Gasteiger partial charge in [0.05, 0.1) is 28.6 Å². The Morgan fingerprint density at radius 3 is 2.43 bits per heavy atom. The summed E-state index contributed by atoms with van der Waals surface area (Å²) in [5.41, 5.74) is 1.62. The molecule has 2 rings (SSSR count). The average molecular weight is 293 g/mol. The maximum absolute atomic E-state index is 13.0. The van der Waals surface area contributed by atoms with Crippen LogP contribution in [0.2, 0.25) is 0 Å². The molecule has 0 aliphatic rings. The van der Waals surface area contributed by atoms with E-state index in [0.717, 1.165) is 29.4 Å². The third kappa shape index (κ3) is 2.64. The Bertz CT molecular complexity index is 721. The second-order valence-corrected chi connectivity index (χ2v) is 4.75. The van der Waals surface area contributed by atoms with E-state index >= 15 is 0 Å². The van der Waals surface area contributed by atoms with E-state index in [4.69, 9.17) is 5.26 Å². The van der Waals surface area contributed by atoms with Crippen LogP contribution in [0.15, 0.2) is 18.2 Å². The summed E-state index contributed by atoms with van der Waals surface area (Å²) < 4.78 is 40.5. The molecule has 0 radical (unpaired) electrons. The molecule has 2 aromatic rings. The van der Waals surface area contributed by atoms with Crippen molar-refractivity contribution >= 4 is 0 Å². The van der Waals surface area contributed by atoms with Gasteiger partial charge < -0.3 is 0 Å². The summed E-state index contributed by atoms with van der Waals surface area (Å²) in [7, 11) is 0. The van der Waals surface area contributed by atoms with Gasteiger partial charge in [0.25, 0.3) is 0 Å². The van der Waals surface area contributed by atoms with Crippen LogP contribution in [0.5, 0.6) is 0 Å². The molecule has 0 unspecified atom stereocenters. The maximum atomic E-state index is 13.0. The van der Waals surface area contributed by atoms with Gasteiger partial charge in [-0.05, 0) is 44.0 Å². The minimum absolute atomic E-state index is 0.307. The van der Waals surface area contributed by atoms with Crippen molar-refractivity contribution in [2.45, 2.75) is 33.4 Å². The van der Waals surface area contributed by atoms with Gasteiger partial charge in [0.2, 0.25) is 0 Å². The first-order valence-corrected chi connectivity index (χ1v) is 6.46. The van der Waals surface area contributed by atoms with Gasteiger partial charge in [0.15, 0.2) is 0 Å². The molecule has 0 amide bonds. The Labute approximate surface area is 120 Å². The molecule has 1 aromatic heterocycles. The van der Waals surface area contributed by atoms with Gasteiger partial charge in [-0.15, -0.1) is 0 Å². The van der Waals surface area contributed by atoms with E-state index in [0.29, 0.717) is 5.69 Å². The number of hydrogen-bond acceptors (Lipinski definition) is 2. The minimum atomic E-state index is -4.56. The summed E-state index contributed by atoms with van der Waals surface area (Å²) in [6.45, 7) is 5.63. The summed E-state index contributed by atoms with van der Waals surface area (Å²) in [5, 5.41) is 13.1. The fraction of sp³-hybridized carbons (Fsp3) is 0.333. The zero-order valence-electron chi connectivity index (χ0n) is 11.9. The number of aryl methyl sites for hydroxylation is 1. The van der Waals surface area contributed by atoms with Crippen LogP contribution >= 0.6 is 0 Å². The van der Waals surface area contributed by atoms with Gasteiger partial charge in [-0.1, -0.05) is 6.92 Å². The Kier molecular flexibility index (Phi) is 3.77. The summed E-state index contributed by atoms with van der Waals surface area (Å²) in [5.74, 6) is 0. The standard InChI is InChI=1S/C15H14F3N3/c1-4-13-9(2)20-21(10(13)3)12-6-5-11(8-19)14(7-12)15(16,17)18/h5-7H,4H2,1-3H3. The fourth-order valence-corrected chi connectivity index (χ4v) is 2.43. The Morgan fingerprint density at radius 2 is 1.95 bits per heavy atom. The summed E-state index contributed by atoms with van der Waals surface area (Å²) in [4.78, 5) is 0. The molecule has 0 atom stereocenters. The van der Waals surface area contributed by atoms with E-state index in [1.165, 1.54) is 16.8 Å². The first-order valence-electron chi connectivity index (χ1n) is 6.46. The number of aromatic nitrogens is 2. The maximum Gasteiger partial charge on any atom is 0.417 e. The summed E-state index contributed by atoms with van der Waals surface area (Å²) in [6, 6.07) is 5.20. The lowest BCUT2D eigenvalue weighted by Crippen LogP contribution is -2.10. The van der Waals surface area contributed by atoms with Crippen LogP contribution in [0.4, 0.5) is 13.2 Å². The molecule has 6 heteroatoms. The number of hydrogen-bond donors (Lipinski definition) is 0. The van der Waals surface area contributed by atoms with Gasteiger partial charge in [0, 0.05) is 5.69 Å². The third-order valence-electron chi connectivity index (χ3n) is 3.47. The number of halogens is 3. The van der Waals surface area contributed by atoms with E-state index in [1.54, 1.807) is 6.07 Å². The molecule has 0 N–H and O–H groups in total. The van der Waals surface area contributed by atoms with Crippen molar-refractivity contribution in [3.8, 4) is 11.8 Å². The molecule has 1 heterocycles. The topological polar surface area (TPSA) is 41.6 Å². The second-order valence-electron chi connectivity index (χ2n) is 4.75. The number of nitrogens with zero attached hydrogens (tertiary/aromatic N) is 3. The van der Waals surface area contributed by atoms with Crippen LogP contribution in [0.25, 0.3) is 5.69 Å². The van der Waals surface area contributed by atoms with Crippen molar-refractivity contribution in [1.82, 2.24) is 9.78 Å². The summed E-state index contributed by atoms with van der Waals surface area (Å²) in [6.07, 6.45) is -3.80. The van der Waals surface area contributed by atoms with Crippen molar-refractivity contribution in [3.05, 3.63) is 46.3 Å². The minimum Gasteiger partial charge on any atom is -0.238 e. The number of rotatable bonds is 2. The molecule has 21 heavy (non-hydrogen) atoms. The molecule has 1 aromatic carbocycles. The average Bonchev–Trinajstić information content (AvgIpc) is 2.71. The molecule has 0 saturated carbocycles. The molecular formula is C15H14F3N3. The molecule has 0 aliphatic heterocycles. The predicted molar refractivity (Wildman–Crippen MR) is 72.1 cm³/mol. The second kappa shape index (κ2) is 5.24. The van der Waals surface area contributed by atoms with Crippen molar-refractivity contribution in [2.24, 2.45) is 0 Å². The smallest absolute Gasteiger partial charge is 0.238 e. The highest BCUT2D eigenvalue weighted by Gasteiger charge is 2.34. The molecule has 0 aliphatic carbocycles. The van der Waals surface area contributed by atoms with Gasteiger partial charge >= 0.3 is 6.18 Å². The Hall–Kier alpha value is -2.29. The highest BCUT2D eigenvalue weighted by molar-refractivity contribution is 5.48. The lowest BCUT2D eigenvalue weighted by atomic mass is 10.1. The third-order valence-corrected chi connectivity index (χ3v) is 3.47. The van der Waals surface area contributed by atoms with E-state index < -0.39 is 11.7 Å². The highest BCUT2D eigenvalue weighted by Crippen LogP contribution is 2.33. The lowest BCUT2D eigenvalue weighted by molar-refractivity contribution is -0.137. The monoisotopic (exact) mass is 293 g/mol. The van der Waals surface area contributed by atoms with Gasteiger partial charge in [-0.25, -0.2) is 4.68 Å². The number of benzene rings is 1. The van der Waals surface area contributed by atoms with Crippen LogP contribution in [-0.4, -0.2) is 9.78 Å². The summed E-state index contributed by atoms with van der Waals surface area (Å²) >= 11 is 0. The van der Waals surface area contributed by atoms with E-state index in [2.05, 4.69) is 5.10 Å². The molecule has 0 fully saturated rings. The lowest BCUT2D eigenvalue weighted by Gasteiger charge is -2.12. The molecule has 3 nitrogen and oxygen atoms in total. The van der Waals surface area contributed by atoms with E-state index in [9.17, 15) is 13.2 Å². The fourth-order valence-electron chi connectivity index (χ4n) is 2.43. The van der Waals surface area contributed by atoms with Crippen molar-refractivity contribution in [2.75, 3.05) is 0 Å². The normalized spacial score (nSPS) is 11.5. The Morgan fingerprint density at radius 1 is 1.29 bits per heavy atom. The highest BCUT2D eigenvalue weighted by atomic mass is 19.4. The van der Waals surface area contributed by atoms with E-state index in [1.807, 2.05) is 20.8 Å². The van der Waals surface area contributed by atoms with Crippen LogP contribution < -0.4 is 0 Å². The van der Waals surface area contributed by atoms with Crippen molar-refractivity contribution in [3.63, 3.8) is 0 Å². The predicted octanol–water partition coefficient (Wildman–Crippen LogP) is 3.94. The first-order chi connectivity index (χ1) is 9.79. The number of nitriles is 1. The van der Waals surface area contributed by atoms with E-state index in [-0.39, 0.29) is 5.56 Å². The largest absolute Gasteiger partial charge is 0.417 e. The van der Waals surface area contributed by atoms with Crippen molar-refractivity contribution < 1.29 is 13.2 Å². The molecule has 110 valence electrons. The van der Waals surface area contributed by atoms with Crippen molar-refractivity contribution in [1.29, 1.82) is 5.26 Å². The molecule has 0 saturated heterocycles. The van der Waals surface area contributed by atoms with Gasteiger partial charge in [0.1, 0.15) is 0 Å². The van der Waals surface area contributed by atoms with Gasteiger partial charge in [-0.2, -0.15) is 23.5 Å². The van der Waals surface area contributed by atoms with Crippen LogP contribution in [0.3, 0.4) is 0 Å².